The Balaban J connectivity index is 1.52. The van der Waals surface area contributed by atoms with Gasteiger partial charge in [-0.15, -0.1) is 10.2 Å². The Morgan fingerprint density at radius 1 is 1.15 bits per heavy atom. The standard InChI is InChI=1S/C23H25FN6O3/c1-33-20-9-5-4-8-19(20)29(14-21(31)25-18-6-2-3-7-18)22(32)15-30-27-23(26-28-30)16-10-12-17(24)13-11-16/h4-5,8-13,18H,2-3,6-7,14-15H2,1H3,(H,25,31). The van der Waals surface area contributed by atoms with Crippen molar-refractivity contribution in [3.05, 3.63) is 54.3 Å². The fraction of sp³-hybridized carbons (Fsp3) is 0.348. The van der Waals surface area contributed by atoms with Crippen LogP contribution >= 0.6 is 0 Å². The van der Waals surface area contributed by atoms with Crippen LogP contribution in [0.3, 0.4) is 0 Å². The summed E-state index contributed by atoms with van der Waals surface area (Å²) in [4.78, 5) is 28.5. The van der Waals surface area contributed by atoms with E-state index in [1.807, 2.05) is 0 Å². The zero-order valence-corrected chi connectivity index (χ0v) is 18.3. The monoisotopic (exact) mass is 452 g/mol. The summed E-state index contributed by atoms with van der Waals surface area (Å²) in [5, 5.41) is 15.1. The minimum atomic E-state index is -0.399. The lowest BCUT2D eigenvalue weighted by Gasteiger charge is -2.24. The first-order valence-electron chi connectivity index (χ1n) is 10.8. The third-order valence-corrected chi connectivity index (χ3v) is 5.53. The van der Waals surface area contributed by atoms with Crippen molar-refractivity contribution in [3.8, 4) is 17.1 Å². The molecule has 33 heavy (non-hydrogen) atoms. The Hall–Kier alpha value is -3.82. The second-order valence-electron chi connectivity index (χ2n) is 7.85. The van der Waals surface area contributed by atoms with E-state index in [1.54, 1.807) is 24.3 Å². The summed E-state index contributed by atoms with van der Waals surface area (Å²) in [6.45, 7) is -0.391. The van der Waals surface area contributed by atoms with Gasteiger partial charge in [0.05, 0.1) is 12.8 Å². The van der Waals surface area contributed by atoms with Gasteiger partial charge in [-0.3, -0.25) is 14.5 Å². The molecule has 2 aromatic carbocycles. The predicted octanol–water partition coefficient (Wildman–Crippen LogP) is 2.58. The number of methoxy groups -OCH3 is 1. The highest BCUT2D eigenvalue weighted by molar-refractivity contribution is 5.99. The van der Waals surface area contributed by atoms with E-state index in [4.69, 9.17) is 4.74 Å². The topological polar surface area (TPSA) is 102 Å². The highest BCUT2D eigenvalue weighted by Crippen LogP contribution is 2.28. The minimum absolute atomic E-state index is 0.141. The molecule has 0 radical (unpaired) electrons. The highest BCUT2D eigenvalue weighted by atomic mass is 19.1. The molecule has 0 atom stereocenters. The SMILES string of the molecule is COc1ccccc1N(CC(=O)NC1CCCC1)C(=O)Cn1nnc(-c2ccc(F)cc2)n1. The van der Waals surface area contributed by atoms with E-state index in [0.29, 0.717) is 17.0 Å². The average molecular weight is 452 g/mol. The fourth-order valence-electron chi connectivity index (χ4n) is 3.88. The first-order chi connectivity index (χ1) is 16.0. The molecule has 1 fully saturated rings. The van der Waals surface area contributed by atoms with Gasteiger partial charge in [0.25, 0.3) is 5.91 Å². The van der Waals surface area contributed by atoms with Gasteiger partial charge in [0.1, 0.15) is 24.7 Å². The smallest absolute Gasteiger partial charge is 0.251 e. The summed E-state index contributed by atoms with van der Waals surface area (Å²) in [5.74, 6) is -0.267. The number of para-hydroxylation sites is 2. The second kappa shape index (κ2) is 10.2. The van der Waals surface area contributed by atoms with Crippen molar-refractivity contribution < 1.29 is 18.7 Å². The number of nitrogens with one attached hydrogen (secondary N) is 1. The second-order valence-corrected chi connectivity index (χ2v) is 7.85. The molecular weight excluding hydrogens is 427 g/mol. The first-order valence-corrected chi connectivity index (χ1v) is 10.8. The van der Waals surface area contributed by atoms with Gasteiger partial charge >= 0.3 is 0 Å². The van der Waals surface area contributed by atoms with Crippen LogP contribution < -0.4 is 15.0 Å². The summed E-state index contributed by atoms with van der Waals surface area (Å²) in [6.07, 6.45) is 4.08. The maximum Gasteiger partial charge on any atom is 0.251 e. The van der Waals surface area contributed by atoms with Crippen LogP contribution in [0.1, 0.15) is 25.7 Å². The fourth-order valence-corrected chi connectivity index (χ4v) is 3.88. The highest BCUT2D eigenvalue weighted by Gasteiger charge is 2.25. The number of carbonyl (C=O) groups excluding carboxylic acids is 2. The number of hydrogen-bond donors (Lipinski definition) is 1. The molecule has 9 nitrogen and oxygen atoms in total. The Morgan fingerprint density at radius 2 is 1.88 bits per heavy atom. The van der Waals surface area contributed by atoms with Crippen LogP contribution in [0.4, 0.5) is 10.1 Å². The summed E-state index contributed by atoms with van der Waals surface area (Å²) >= 11 is 0. The van der Waals surface area contributed by atoms with Gasteiger partial charge in [0.15, 0.2) is 0 Å². The zero-order valence-electron chi connectivity index (χ0n) is 18.3. The predicted molar refractivity (Wildman–Crippen MR) is 119 cm³/mol. The molecule has 4 rings (SSSR count). The molecule has 10 heteroatoms. The van der Waals surface area contributed by atoms with E-state index in [1.165, 1.54) is 36.3 Å². The van der Waals surface area contributed by atoms with Crippen molar-refractivity contribution in [1.82, 2.24) is 25.5 Å². The van der Waals surface area contributed by atoms with E-state index < -0.39 is 5.91 Å². The molecule has 2 amide bonds. The lowest BCUT2D eigenvalue weighted by Crippen LogP contribution is -2.45. The molecule has 0 unspecified atom stereocenters. The van der Waals surface area contributed by atoms with Crippen LogP contribution in [-0.4, -0.2) is 51.7 Å². The molecule has 0 spiro atoms. The van der Waals surface area contributed by atoms with Crippen LogP contribution in [0, 0.1) is 5.82 Å². The Labute approximate surface area is 190 Å². The largest absolute Gasteiger partial charge is 0.495 e. The summed E-state index contributed by atoms with van der Waals surface area (Å²) in [5.41, 5.74) is 1.05. The summed E-state index contributed by atoms with van der Waals surface area (Å²) in [6, 6.07) is 12.8. The van der Waals surface area contributed by atoms with Crippen molar-refractivity contribution in [2.45, 2.75) is 38.3 Å². The van der Waals surface area contributed by atoms with Crippen LogP contribution in [-0.2, 0) is 16.1 Å². The van der Waals surface area contributed by atoms with Gasteiger partial charge < -0.3 is 10.1 Å². The van der Waals surface area contributed by atoms with Gasteiger partial charge in [-0.25, -0.2) is 4.39 Å². The van der Waals surface area contributed by atoms with E-state index in [0.717, 1.165) is 30.5 Å². The Morgan fingerprint density at radius 3 is 2.61 bits per heavy atom. The molecule has 1 N–H and O–H groups in total. The van der Waals surface area contributed by atoms with Gasteiger partial charge in [-0.1, -0.05) is 25.0 Å². The van der Waals surface area contributed by atoms with Gasteiger partial charge in [0, 0.05) is 11.6 Å². The van der Waals surface area contributed by atoms with Gasteiger partial charge in [-0.2, -0.15) is 4.80 Å². The Bertz CT molecular complexity index is 1110. The number of carbonyl (C=O) groups is 2. The number of hydrogen-bond acceptors (Lipinski definition) is 6. The number of benzene rings is 2. The molecule has 0 saturated heterocycles. The quantitative estimate of drug-likeness (QED) is 0.564. The van der Waals surface area contributed by atoms with Crippen molar-refractivity contribution in [3.63, 3.8) is 0 Å². The lowest BCUT2D eigenvalue weighted by molar-refractivity contribution is -0.124. The molecular formula is C23H25FN6O3. The number of halogens is 1. The van der Waals surface area contributed by atoms with Crippen molar-refractivity contribution in [1.29, 1.82) is 0 Å². The van der Waals surface area contributed by atoms with E-state index >= 15 is 0 Å². The number of nitrogens with zero attached hydrogens (tertiary/aromatic N) is 5. The van der Waals surface area contributed by atoms with Crippen molar-refractivity contribution in [2.75, 3.05) is 18.6 Å². The lowest BCUT2D eigenvalue weighted by atomic mass is 10.2. The average Bonchev–Trinajstić information content (AvgIpc) is 3.50. The van der Waals surface area contributed by atoms with Crippen molar-refractivity contribution in [2.24, 2.45) is 0 Å². The van der Waals surface area contributed by atoms with Crippen LogP contribution in [0.2, 0.25) is 0 Å². The molecule has 0 bridgehead atoms. The molecule has 0 aliphatic heterocycles. The van der Waals surface area contributed by atoms with Crippen molar-refractivity contribution >= 4 is 17.5 Å². The number of aromatic nitrogens is 4. The molecule has 3 aromatic rings. The number of ether oxygens (including phenoxy) is 1. The zero-order chi connectivity index (χ0) is 23.2. The van der Waals surface area contributed by atoms with Crippen LogP contribution in [0.5, 0.6) is 5.75 Å². The maximum atomic E-state index is 13.3. The normalized spacial score (nSPS) is 13.6. The molecule has 1 aliphatic rings. The van der Waals surface area contributed by atoms with Gasteiger partial charge in [0.2, 0.25) is 11.7 Å². The maximum absolute atomic E-state index is 13.3. The number of amides is 2. The molecule has 1 aromatic heterocycles. The minimum Gasteiger partial charge on any atom is -0.495 e. The van der Waals surface area contributed by atoms with E-state index in [9.17, 15) is 14.0 Å². The number of tetrazole rings is 1. The van der Waals surface area contributed by atoms with Crippen LogP contribution in [0.15, 0.2) is 48.5 Å². The van der Waals surface area contributed by atoms with E-state index in [-0.39, 0.29) is 36.7 Å². The summed E-state index contributed by atoms with van der Waals surface area (Å²) < 4.78 is 18.6. The molecule has 172 valence electrons. The number of rotatable bonds is 8. The van der Waals surface area contributed by atoms with Crippen LogP contribution in [0.25, 0.3) is 11.4 Å². The third-order valence-electron chi connectivity index (χ3n) is 5.53. The molecule has 1 aliphatic carbocycles. The molecule has 1 saturated carbocycles. The number of anilines is 1. The van der Waals surface area contributed by atoms with Gasteiger partial charge in [-0.05, 0) is 54.5 Å². The molecule has 1 heterocycles. The Kier molecular flexibility index (Phi) is 6.92. The van der Waals surface area contributed by atoms with E-state index in [2.05, 4.69) is 20.7 Å². The third kappa shape index (κ3) is 5.51. The summed E-state index contributed by atoms with van der Waals surface area (Å²) in [7, 11) is 1.51. The first kappa shape index (κ1) is 22.4.